The predicted octanol–water partition coefficient (Wildman–Crippen LogP) is 2.67. The first-order valence-corrected chi connectivity index (χ1v) is 9.13. The molecule has 4 heterocycles. The first kappa shape index (κ1) is 17.7. The maximum Gasteiger partial charge on any atom is 0.273 e. The molecule has 148 valence electrons. The molecule has 1 aromatic carbocycles. The van der Waals surface area contributed by atoms with Crippen molar-refractivity contribution in [2.75, 3.05) is 0 Å². The Morgan fingerprint density at radius 1 is 1.07 bits per heavy atom. The van der Waals surface area contributed by atoms with Crippen LogP contribution in [0, 0.1) is 6.92 Å². The van der Waals surface area contributed by atoms with Crippen molar-refractivity contribution in [2.24, 2.45) is 0 Å². The first-order valence-electron chi connectivity index (χ1n) is 9.13. The standard InChI is InChI=1S/C20H15N7O3/c1-12-22-20(30-25-12)14-8-5-9-27-17(23-24-18(14)27)11-21-19(28)15-10-16(29-26-15)13-6-3-2-4-7-13/h2-10H,11H2,1H3,(H,21,28). The van der Waals surface area contributed by atoms with Crippen LogP contribution >= 0.6 is 0 Å². The third-order valence-corrected chi connectivity index (χ3v) is 4.47. The Bertz CT molecular complexity index is 1340. The van der Waals surface area contributed by atoms with E-state index in [4.69, 9.17) is 9.05 Å². The second-order valence-corrected chi connectivity index (χ2v) is 6.50. The Labute approximate surface area is 169 Å². The number of nitrogens with zero attached hydrogens (tertiary/aromatic N) is 6. The average Bonchev–Trinajstić information content (AvgIpc) is 3.52. The quantitative estimate of drug-likeness (QED) is 0.477. The number of fused-ring (bicyclic) bond motifs is 1. The third kappa shape index (κ3) is 3.20. The summed E-state index contributed by atoms with van der Waals surface area (Å²) >= 11 is 0. The fourth-order valence-corrected chi connectivity index (χ4v) is 3.03. The summed E-state index contributed by atoms with van der Waals surface area (Å²) in [7, 11) is 0. The Balaban J connectivity index is 1.34. The van der Waals surface area contributed by atoms with Crippen LogP contribution in [0.2, 0.25) is 0 Å². The topological polar surface area (TPSA) is 124 Å². The minimum atomic E-state index is -0.374. The van der Waals surface area contributed by atoms with Crippen LogP contribution in [0.15, 0.2) is 63.8 Å². The van der Waals surface area contributed by atoms with Crippen molar-refractivity contribution < 1.29 is 13.8 Å². The Kier molecular flexibility index (Phi) is 4.28. The minimum absolute atomic E-state index is 0.153. The van der Waals surface area contributed by atoms with Crippen molar-refractivity contribution >= 4 is 11.6 Å². The lowest BCUT2D eigenvalue weighted by Gasteiger charge is -2.02. The summed E-state index contributed by atoms with van der Waals surface area (Å²) in [5.74, 6) is 1.58. The number of aryl methyl sites for hydroxylation is 1. The summed E-state index contributed by atoms with van der Waals surface area (Å²) in [5.41, 5.74) is 2.24. The molecule has 1 amide bonds. The second kappa shape index (κ2) is 7.24. The van der Waals surface area contributed by atoms with E-state index in [0.29, 0.717) is 34.5 Å². The zero-order valence-corrected chi connectivity index (χ0v) is 15.8. The lowest BCUT2D eigenvalue weighted by molar-refractivity contribution is 0.0941. The van der Waals surface area contributed by atoms with E-state index in [1.807, 2.05) is 42.5 Å². The molecular formula is C20H15N7O3. The largest absolute Gasteiger partial charge is 0.355 e. The number of nitrogens with one attached hydrogen (secondary N) is 1. The highest BCUT2D eigenvalue weighted by molar-refractivity contribution is 5.93. The van der Waals surface area contributed by atoms with Crippen LogP contribution in [-0.2, 0) is 6.54 Å². The fraction of sp³-hybridized carbons (Fsp3) is 0.100. The van der Waals surface area contributed by atoms with Crippen LogP contribution < -0.4 is 5.32 Å². The molecule has 0 aliphatic heterocycles. The zero-order valence-electron chi connectivity index (χ0n) is 15.8. The van der Waals surface area contributed by atoms with Crippen molar-refractivity contribution in [3.05, 3.63) is 72.1 Å². The fourth-order valence-electron chi connectivity index (χ4n) is 3.03. The highest BCUT2D eigenvalue weighted by Gasteiger charge is 2.17. The normalized spacial score (nSPS) is 11.1. The van der Waals surface area contributed by atoms with Gasteiger partial charge in [0, 0.05) is 17.8 Å². The van der Waals surface area contributed by atoms with Gasteiger partial charge in [-0.25, -0.2) is 0 Å². The van der Waals surface area contributed by atoms with Crippen LogP contribution in [0.25, 0.3) is 28.4 Å². The number of carbonyl (C=O) groups is 1. The number of rotatable bonds is 5. The summed E-state index contributed by atoms with van der Waals surface area (Å²) in [6.45, 7) is 1.89. The molecule has 0 fully saturated rings. The van der Waals surface area contributed by atoms with Gasteiger partial charge in [-0.15, -0.1) is 10.2 Å². The number of hydrogen-bond acceptors (Lipinski definition) is 8. The molecule has 30 heavy (non-hydrogen) atoms. The lowest BCUT2D eigenvalue weighted by Crippen LogP contribution is -2.24. The molecule has 0 aliphatic carbocycles. The molecule has 0 spiro atoms. The maximum atomic E-state index is 12.5. The van der Waals surface area contributed by atoms with Gasteiger partial charge in [0.15, 0.2) is 28.8 Å². The van der Waals surface area contributed by atoms with Gasteiger partial charge in [-0.3, -0.25) is 9.20 Å². The average molecular weight is 401 g/mol. The number of benzene rings is 1. The number of amides is 1. The van der Waals surface area contributed by atoms with Gasteiger partial charge in [0.25, 0.3) is 11.8 Å². The highest BCUT2D eigenvalue weighted by atomic mass is 16.5. The van der Waals surface area contributed by atoms with E-state index in [9.17, 15) is 4.79 Å². The van der Waals surface area contributed by atoms with Gasteiger partial charge >= 0.3 is 0 Å². The molecule has 0 saturated carbocycles. The zero-order chi connectivity index (χ0) is 20.5. The van der Waals surface area contributed by atoms with Crippen molar-refractivity contribution in [2.45, 2.75) is 13.5 Å². The van der Waals surface area contributed by atoms with Gasteiger partial charge in [0.05, 0.1) is 12.1 Å². The third-order valence-electron chi connectivity index (χ3n) is 4.47. The van der Waals surface area contributed by atoms with Crippen molar-refractivity contribution in [1.82, 2.24) is 35.2 Å². The van der Waals surface area contributed by atoms with Crippen LogP contribution in [0.5, 0.6) is 0 Å². The first-order chi connectivity index (χ1) is 14.7. The van der Waals surface area contributed by atoms with E-state index in [-0.39, 0.29) is 18.1 Å². The molecule has 10 nitrogen and oxygen atoms in total. The lowest BCUT2D eigenvalue weighted by atomic mass is 10.1. The summed E-state index contributed by atoms with van der Waals surface area (Å²) in [6, 6.07) is 14.7. The Morgan fingerprint density at radius 2 is 1.93 bits per heavy atom. The Hall–Kier alpha value is -4.34. The SMILES string of the molecule is Cc1noc(-c2cccn3c(CNC(=O)c4cc(-c5ccccc5)on4)nnc23)n1. The van der Waals surface area contributed by atoms with E-state index in [1.165, 1.54) is 0 Å². The van der Waals surface area contributed by atoms with E-state index in [1.54, 1.807) is 23.6 Å². The van der Waals surface area contributed by atoms with Crippen LogP contribution in [0.3, 0.4) is 0 Å². The van der Waals surface area contributed by atoms with Crippen LogP contribution in [0.4, 0.5) is 0 Å². The number of hydrogen-bond donors (Lipinski definition) is 1. The van der Waals surface area contributed by atoms with Gasteiger partial charge in [0.2, 0.25) is 0 Å². The second-order valence-electron chi connectivity index (χ2n) is 6.50. The summed E-state index contributed by atoms with van der Waals surface area (Å²) in [4.78, 5) is 16.7. The monoisotopic (exact) mass is 401 g/mol. The molecule has 0 bridgehead atoms. The summed E-state index contributed by atoms with van der Waals surface area (Å²) in [6.07, 6.45) is 1.80. The molecule has 5 aromatic rings. The molecule has 0 radical (unpaired) electrons. The number of pyridine rings is 1. The molecule has 0 saturated heterocycles. The van der Waals surface area contributed by atoms with Gasteiger partial charge in [0.1, 0.15) is 0 Å². The van der Waals surface area contributed by atoms with E-state index < -0.39 is 0 Å². The number of carbonyl (C=O) groups excluding carboxylic acids is 1. The van der Waals surface area contributed by atoms with Crippen molar-refractivity contribution in [1.29, 1.82) is 0 Å². The van der Waals surface area contributed by atoms with Crippen LogP contribution in [-0.4, -0.2) is 35.8 Å². The van der Waals surface area contributed by atoms with Gasteiger partial charge in [-0.05, 0) is 19.1 Å². The molecule has 1 N–H and O–H groups in total. The van der Waals surface area contributed by atoms with Gasteiger partial charge in [-0.1, -0.05) is 40.6 Å². The van der Waals surface area contributed by atoms with Crippen molar-refractivity contribution in [3.63, 3.8) is 0 Å². The maximum absolute atomic E-state index is 12.5. The van der Waals surface area contributed by atoms with Crippen LogP contribution in [0.1, 0.15) is 22.1 Å². The molecule has 5 rings (SSSR count). The molecular weight excluding hydrogens is 386 g/mol. The smallest absolute Gasteiger partial charge is 0.273 e. The van der Waals surface area contributed by atoms with E-state index in [2.05, 4.69) is 30.8 Å². The molecule has 0 atom stereocenters. The van der Waals surface area contributed by atoms with Gasteiger partial charge in [-0.2, -0.15) is 4.98 Å². The highest BCUT2D eigenvalue weighted by Crippen LogP contribution is 2.22. The predicted molar refractivity (Wildman–Crippen MR) is 104 cm³/mol. The summed E-state index contributed by atoms with van der Waals surface area (Å²) in [5, 5.41) is 18.8. The van der Waals surface area contributed by atoms with E-state index >= 15 is 0 Å². The minimum Gasteiger partial charge on any atom is -0.355 e. The van der Waals surface area contributed by atoms with Gasteiger partial charge < -0.3 is 14.4 Å². The Morgan fingerprint density at radius 3 is 2.73 bits per heavy atom. The van der Waals surface area contributed by atoms with Crippen molar-refractivity contribution in [3.8, 4) is 22.8 Å². The molecule has 0 unspecified atom stereocenters. The molecule has 10 heteroatoms. The molecule has 0 aliphatic rings. The number of aromatic nitrogens is 6. The summed E-state index contributed by atoms with van der Waals surface area (Å²) < 4.78 is 12.3. The molecule has 4 aromatic heterocycles. The van der Waals surface area contributed by atoms with E-state index in [0.717, 1.165) is 5.56 Å².